The van der Waals surface area contributed by atoms with Crippen LogP contribution in [0.4, 0.5) is 5.95 Å². The molecule has 0 radical (unpaired) electrons. The van der Waals surface area contributed by atoms with Crippen molar-refractivity contribution in [2.45, 2.75) is 76.9 Å². The van der Waals surface area contributed by atoms with Crippen LogP contribution < -0.4 is 10.2 Å². The Kier molecular flexibility index (Phi) is 6.37. The molecule has 1 aromatic heterocycles. The summed E-state index contributed by atoms with van der Waals surface area (Å²) in [4.78, 5) is 29.5. The number of anilines is 1. The molecule has 1 amide bonds. The van der Waals surface area contributed by atoms with E-state index in [2.05, 4.69) is 39.0 Å². The second-order valence-electron chi connectivity index (χ2n) is 9.02. The van der Waals surface area contributed by atoms with Gasteiger partial charge in [-0.3, -0.25) is 10.1 Å². The lowest BCUT2D eigenvalue weighted by Gasteiger charge is -2.48. The highest BCUT2D eigenvalue weighted by molar-refractivity contribution is 6.31. The molecule has 1 aliphatic heterocycles. The minimum atomic E-state index is -0.586. The van der Waals surface area contributed by atoms with Gasteiger partial charge < -0.3 is 9.80 Å². The SMILES string of the molecule is CC1(C)CN(CCN(c2nc(Cl)nc(Cl)n2)C2CCCCC2)C(=O)C(C)(C)N1. The summed E-state index contributed by atoms with van der Waals surface area (Å²) >= 11 is 12.1. The van der Waals surface area contributed by atoms with Gasteiger partial charge in [-0.25, -0.2) is 0 Å². The topological polar surface area (TPSA) is 74.2 Å². The van der Waals surface area contributed by atoms with Crippen molar-refractivity contribution in [2.24, 2.45) is 0 Å². The molecule has 2 aliphatic rings. The van der Waals surface area contributed by atoms with Gasteiger partial charge in [-0.1, -0.05) is 19.3 Å². The predicted octanol–water partition coefficient (Wildman–Crippen LogP) is 3.31. The van der Waals surface area contributed by atoms with Gasteiger partial charge in [-0.05, 0) is 63.7 Å². The van der Waals surface area contributed by atoms with Gasteiger partial charge in [-0.15, -0.1) is 0 Å². The standard InChI is InChI=1S/C19H30Cl2N6O/c1-18(2)12-26(14(28)19(3,4)25-18)10-11-27(13-8-6-5-7-9-13)17-23-15(20)22-16(21)24-17/h13,25H,5-12H2,1-4H3. The zero-order valence-electron chi connectivity index (χ0n) is 17.1. The van der Waals surface area contributed by atoms with Crippen molar-refractivity contribution in [3.05, 3.63) is 10.6 Å². The van der Waals surface area contributed by atoms with Crippen LogP contribution in [0.25, 0.3) is 0 Å². The van der Waals surface area contributed by atoms with Crippen LogP contribution in [0, 0.1) is 0 Å². The summed E-state index contributed by atoms with van der Waals surface area (Å²) in [6.07, 6.45) is 5.77. The van der Waals surface area contributed by atoms with Crippen LogP contribution in [0.5, 0.6) is 0 Å². The Morgan fingerprint density at radius 3 is 2.29 bits per heavy atom. The van der Waals surface area contributed by atoms with Crippen molar-refractivity contribution in [3.8, 4) is 0 Å². The first-order valence-corrected chi connectivity index (χ1v) is 10.8. The molecule has 3 rings (SSSR count). The lowest BCUT2D eigenvalue weighted by Crippen LogP contribution is -2.70. The summed E-state index contributed by atoms with van der Waals surface area (Å²) in [6.45, 7) is 10.0. The number of nitrogens with one attached hydrogen (secondary N) is 1. The Hall–Kier alpha value is -1.18. The summed E-state index contributed by atoms with van der Waals surface area (Å²) in [7, 11) is 0. The van der Waals surface area contributed by atoms with Crippen LogP contribution in [-0.2, 0) is 4.79 Å². The first-order chi connectivity index (χ1) is 13.1. The highest BCUT2D eigenvalue weighted by Crippen LogP contribution is 2.27. The van der Waals surface area contributed by atoms with Crippen molar-refractivity contribution in [1.29, 1.82) is 0 Å². The minimum Gasteiger partial charge on any atom is -0.338 e. The van der Waals surface area contributed by atoms with E-state index in [1.165, 1.54) is 19.3 Å². The highest BCUT2D eigenvalue weighted by Gasteiger charge is 2.43. The molecule has 0 unspecified atom stereocenters. The number of hydrogen-bond donors (Lipinski definition) is 1. The monoisotopic (exact) mass is 428 g/mol. The Bertz CT molecular complexity index is 700. The molecule has 9 heteroatoms. The highest BCUT2D eigenvalue weighted by atomic mass is 35.5. The van der Waals surface area contributed by atoms with Gasteiger partial charge in [-0.2, -0.15) is 15.0 Å². The molecule has 1 saturated carbocycles. The fourth-order valence-electron chi connectivity index (χ4n) is 4.58. The zero-order valence-corrected chi connectivity index (χ0v) is 18.6. The number of carbonyl (C=O) groups excluding carboxylic acids is 1. The maximum absolute atomic E-state index is 12.9. The first-order valence-electron chi connectivity index (χ1n) is 10.00. The molecular formula is C19H30Cl2N6O. The van der Waals surface area contributed by atoms with Crippen molar-refractivity contribution in [3.63, 3.8) is 0 Å². The summed E-state index contributed by atoms with van der Waals surface area (Å²) in [5.41, 5.74) is -0.732. The first kappa shape index (κ1) is 21.5. The molecular weight excluding hydrogens is 399 g/mol. The quantitative estimate of drug-likeness (QED) is 0.774. The predicted molar refractivity (Wildman–Crippen MR) is 112 cm³/mol. The number of nitrogens with zero attached hydrogens (tertiary/aromatic N) is 5. The van der Waals surface area contributed by atoms with Gasteiger partial charge >= 0.3 is 0 Å². The number of halogens is 2. The van der Waals surface area contributed by atoms with Crippen LogP contribution >= 0.6 is 23.2 Å². The number of piperazine rings is 1. The Morgan fingerprint density at radius 2 is 1.68 bits per heavy atom. The third kappa shape index (κ3) is 5.05. The lowest BCUT2D eigenvalue weighted by atomic mass is 9.90. The second kappa shape index (κ2) is 8.28. The van der Waals surface area contributed by atoms with Crippen molar-refractivity contribution in [1.82, 2.24) is 25.2 Å². The zero-order chi connectivity index (χ0) is 20.5. The second-order valence-corrected chi connectivity index (χ2v) is 9.70. The molecule has 2 heterocycles. The number of hydrogen-bond acceptors (Lipinski definition) is 6. The van der Waals surface area contributed by atoms with E-state index in [1.54, 1.807) is 0 Å². The van der Waals surface area contributed by atoms with E-state index < -0.39 is 5.54 Å². The molecule has 0 atom stereocenters. The van der Waals surface area contributed by atoms with E-state index in [0.29, 0.717) is 31.6 Å². The minimum absolute atomic E-state index is 0.0938. The van der Waals surface area contributed by atoms with Gasteiger partial charge in [0.25, 0.3) is 0 Å². The maximum Gasteiger partial charge on any atom is 0.242 e. The average Bonchev–Trinajstić information content (AvgIpc) is 2.58. The molecule has 156 valence electrons. The Balaban J connectivity index is 1.80. The molecule has 1 saturated heterocycles. The molecule has 2 fully saturated rings. The van der Waals surface area contributed by atoms with Crippen LogP contribution in [0.15, 0.2) is 0 Å². The maximum atomic E-state index is 12.9. The fourth-order valence-corrected chi connectivity index (χ4v) is 4.93. The molecule has 1 N–H and O–H groups in total. The summed E-state index contributed by atoms with van der Waals surface area (Å²) in [5.74, 6) is 0.611. The van der Waals surface area contributed by atoms with Crippen molar-refractivity contribution in [2.75, 3.05) is 24.5 Å². The average molecular weight is 429 g/mol. The molecule has 1 aliphatic carbocycles. The van der Waals surface area contributed by atoms with Crippen LogP contribution in [0.2, 0.25) is 10.6 Å². The van der Waals surface area contributed by atoms with Crippen molar-refractivity contribution < 1.29 is 4.79 Å². The largest absolute Gasteiger partial charge is 0.338 e. The number of aromatic nitrogens is 3. The van der Waals surface area contributed by atoms with Crippen LogP contribution in [0.1, 0.15) is 59.8 Å². The normalized spacial score (nSPS) is 22.4. The van der Waals surface area contributed by atoms with Crippen LogP contribution in [0.3, 0.4) is 0 Å². The van der Waals surface area contributed by atoms with E-state index in [-0.39, 0.29) is 22.0 Å². The number of amides is 1. The van der Waals surface area contributed by atoms with Gasteiger partial charge in [0.05, 0.1) is 5.54 Å². The molecule has 7 nitrogen and oxygen atoms in total. The van der Waals surface area contributed by atoms with Gasteiger partial charge in [0.15, 0.2) is 0 Å². The molecule has 0 bridgehead atoms. The lowest BCUT2D eigenvalue weighted by molar-refractivity contribution is -0.143. The van der Waals surface area contributed by atoms with E-state index in [1.807, 2.05) is 18.7 Å². The number of rotatable bonds is 5. The van der Waals surface area contributed by atoms with E-state index >= 15 is 0 Å². The number of carbonyl (C=O) groups is 1. The van der Waals surface area contributed by atoms with Gasteiger partial charge in [0.1, 0.15) is 0 Å². The van der Waals surface area contributed by atoms with Gasteiger partial charge in [0, 0.05) is 31.2 Å². The Morgan fingerprint density at radius 1 is 1.07 bits per heavy atom. The third-order valence-electron chi connectivity index (χ3n) is 5.51. The van der Waals surface area contributed by atoms with Gasteiger partial charge in [0.2, 0.25) is 22.4 Å². The molecule has 0 spiro atoms. The Labute approximate surface area is 177 Å². The summed E-state index contributed by atoms with van der Waals surface area (Å²) in [5, 5.41) is 3.62. The summed E-state index contributed by atoms with van der Waals surface area (Å²) in [6, 6.07) is 0.322. The van der Waals surface area contributed by atoms with Crippen molar-refractivity contribution >= 4 is 35.1 Å². The van der Waals surface area contributed by atoms with E-state index in [0.717, 1.165) is 12.8 Å². The molecule has 28 heavy (non-hydrogen) atoms. The molecule has 1 aromatic rings. The third-order valence-corrected chi connectivity index (χ3v) is 5.85. The smallest absolute Gasteiger partial charge is 0.242 e. The molecule has 0 aromatic carbocycles. The van der Waals surface area contributed by atoms with Crippen LogP contribution in [-0.4, -0.2) is 62.5 Å². The van der Waals surface area contributed by atoms with E-state index in [9.17, 15) is 4.79 Å². The summed E-state index contributed by atoms with van der Waals surface area (Å²) < 4.78 is 0. The van der Waals surface area contributed by atoms with E-state index in [4.69, 9.17) is 23.2 Å². The fraction of sp³-hybridized carbons (Fsp3) is 0.789.